The molecular formula is C15H21NO3S2. The second-order valence-electron chi connectivity index (χ2n) is 4.25. The number of esters is 1. The van der Waals surface area contributed by atoms with Crippen molar-refractivity contribution in [2.24, 2.45) is 0 Å². The first-order valence-corrected chi connectivity index (χ1v) is 8.24. The lowest BCUT2D eigenvalue weighted by atomic mass is 10.2. The molecule has 21 heavy (non-hydrogen) atoms. The summed E-state index contributed by atoms with van der Waals surface area (Å²) >= 11 is 6.79. The third-order valence-corrected chi connectivity index (χ3v) is 4.06. The molecule has 0 spiro atoms. The fourth-order valence-electron chi connectivity index (χ4n) is 1.58. The van der Waals surface area contributed by atoms with Crippen molar-refractivity contribution in [1.29, 1.82) is 0 Å². The van der Waals surface area contributed by atoms with Crippen LogP contribution < -0.4 is 10.1 Å². The van der Waals surface area contributed by atoms with Crippen LogP contribution in [0.25, 0.3) is 0 Å². The maximum atomic E-state index is 11.2. The Hall–Kier alpha value is -1.27. The van der Waals surface area contributed by atoms with Gasteiger partial charge in [-0.05, 0) is 31.0 Å². The number of thioether (sulfide) groups is 1. The zero-order chi connectivity index (χ0) is 15.5. The molecule has 0 saturated heterocycles. The van der Waals surface area contributed by atoms with Crippen LogP contribution in [0.2, 0.25) is 0 Å². The van der Waals surface area contributed by atoms with Crippen molar-refractivity contribution in [2.75, 3.05) is 19.5 Å². The second-order valence-corrected chi connectivity index (χ2v) is 6.02. The highest BCUT2D eigenvalue weighted by Crippen LogP contribution is 2.12. The van der Waals surface area contributed by atoms with Crippen LogP contribution in [0.1, 0.15) is 25.3 Å². The van der Waals surface area contributed by atoms with Gasteiger partial charge in [0.05, 0.1) is 13.7 Å². The molecule has 0 amide bonds. The molecule has 4 nitrogen and oxygen atoms in total. The number of rotatable bonds is 8. The molecule has 0 saturated carbocycles. The van der Waals surface area contributed by atoms with Gasteiger partial charge in [0.25, 0.3) is 0 Å². The molecule has 0 heterocycles. The predicted octanol–water partition coefficient (Wildman–Crippen LogP) is 3.15. The van der Waals surface area contributed by atoms with E-state index in [2.05, 4.69) is 5.32 Å². The Labute approximate surface area is 135 Å². The smallest absolute Gasteiger partial charge is 0.305 e. The van der Waals surface area contributed by atoms with E-state index < -0.39 is 0 Å². The van der Waals surface area contributed by atoms with E-state index in [9.17, 15) is 4.79 Å². The first-order valence-electron chi connectivity index (χ1n) is 6.85. The molecule has 1 aromatic carbocycles. The Morgan fingerprint density at radius 1 is 1.33 bits per heavy atom. The molecular weight excluding hydrogens is 306 g/mol. The average Bonchev–Trinajstić information content (AvgIpc) is 2.50. The minimum absolute atomic E-state index is 0.143. The third-order valence-electron chi connectivity index (χ3n) is 2.66. The summed E-state index contributed by atoms with van der Waals surface area (Å²) in [6, 6.07) is 7.85. The van der Waals surface area contributed by atoms with E-state index in [1.165, 1.54) is 0 Å². The molecule has 0 aliphatic rings. The van der Waals surface area contributed by atoms with Crippen LogP contribution in [0.5, 0.6) is 5.75 Å². The fraction of sp³-hybridized carbons (Fsp3) is 0.467. The van der Waals surface area contributed by atoms with E-state index in [1.54, 1.807) is 18.9 Å². The Morgan fingerprint density at radius 3 is 2.67 bits per heavy atom. The summed E-state index contributed by atoms with van der Waals surface area (Å²) in [6.07, 6.45) is 1.22. The average molecular weight is 327 g/mol. The van der Waals surface area contributed by atoms with E-state index in [0.29, 0.717) is 19.6 Å². The standard InChI is InChI=1S/C15H21NO3S2/c1-3-19-14(17)5-4-10-21-15(20)16-11-12-6-8-13(18-2)9-7-12/h6-9H,3-5,10-11H2,1-2H3,(H,16,20). The van der Waals surface area contributed by atoms with Gasteiger partial charge in [0, 0.05) is 18.7 Å². The van der Waals surface area contributed by atoms with E-state index in [-0.39, 0.29) is 5.97 Å². The van der Waals surface area contributed by atoms with Gasteiger partial charge in [0.1, 0.15) is 10.1 Å². The molecule has 1 rings (SSSR count). The molecule has 1 N–H and O–H groups in total. The second kappa shape index (κ2) is 10.5. The Balaban J connectivity index is 2.14. The number of thiocarbonyl (C=S) groups is 1. The molecule has 0 bridgehead atoms. The van der Waals surface area contributed by atoms with Gasteiger partial charge in [0.15, 0.2) is 0 Å². The normalized spacial score (nSPS) is 10.0. The highest BCUT2D eigenvalue weighted by atomic mass is 32.2. The summed E-state index contributed by atoms with van der Waals surface area (Å²) in [5.41, 5.74) is 1.14. The number of hydrogen-bond acceptors (Lipinski definition) is 5. The van der Waals surface area contributed by atoms with Crippen molar-refractivity contribution in [3.63, 3.8) is 0 Å². The van der Waals surface area contributed by atoms with Gasteiger partial charge in [-0.3, -0.25) is 4.79 Å². The Morgan fingerprint density at radius 2 is 2.05 bits per heavy atom. The topological polar surface area (TPSA) is 47.6 Å². The lowest BCUT2D eigenvalue weighted by molar-refractivity contribution is -0.143. The molecule has 6 heteroatoms. The van der Waals surface area contributed by atoms with E-state index in [1.807, 2.05) is 31.2 Å². The molecule has 0 atom stereocenters. The monoisotopic (exact) mass is 327 g/mol. The number of methoxy groups -OCH3 is 1. The Kier molecular flexibility index (Phi) is 8.85. The number of carbonyl (C=O) groups is 1. The van der Waals surface area contributed by atoms with E-state index in [4.69, 9.17) is 21.7 Å². The maximum absolute atomic E-state index is 11.2. The first kappa shape index (κ1) is 17.8. The Bertz CT molecular complexity index is 449. The van der Waals surface area contributed by atoms with E-state index >= 15 is 0 Å². The molecule has 0 fully saturated rings. The van der Waals surface area contributed by atoms with Crippen molar-refractivity contribution < 1.29 is 14.3 Å². The largest absolute Gasteiger partial charge is 0.497 e. The van der Waals surface area contributed by atoms with Crippen molar-refractivity contribution in [3.05, 3.63) is 29.8 Å². The van der Waals surface area contributed by atoms with Gasteiger partial charge >= 0.3 is 5.97 Å². The number of hydrogen-bond donors (Lipinski definition) is 1. The lowest BCUT2D eigenvalue weighted by Gasteiger charge is -2.08. The van der Waals surface area contributed by atoms with Crippen molar-refractivity contribution >= 4 is 34.3 Å². The zero-order valence-electron chi connectivity index (χ0n) is 12.4. The molecule has 0 unspecified atom stereocenters. The number of benzene rings is 1. The van der Waals surface area contributed by atoms with Crippen LogP contribution in [0.4, 0.5) is 0 Å². The quantitative estimate of drug-likeness (QED) is 0.450. The van der Waals surface area contributed by atoms with Gasteiger partial charge in [0.2, 0.25) is 0 Å². The van der Waals surface area contributed by atoms with Gasteiger partial charge in [-0.1, -0.05) is 36.1 Å². The first-order chi connectivity index (χ1) is 10.2. The molecule has 0 aliphatic carbocycles. The predicted molar refractivity (Wildman–Crippen MR) is 90.8 cm³/mol. The molecule has 1 aromatic rings. The summed E-state index contributed by atoms with van der Waals surface area (Å²) in [4.78, 5) is 11.2. The number of nitrogens with one attached hydrogen (secondary N) is 1. The summed E-state index contributed by atoms with van der Waals surface area (Å²) in [7, 11) is 1.65. The minimum Gasteiger partial charge on any atom is -0.497 e. The fourth-order valence-corrected chi connectivity index (χ4v) is 2.55. The van der Waals surface area contributed by atoms with Gasteiger partial charge in [-0.25, -0.2) is 0 Å². The van der Waals surface area contributed by atoms with Crippen molar-refractivity contribution in [1.82, 2.24) is 5.32 Å². The summed E-state index contributed by atoms with van der Waals surface area (Å²) < 4.78 is 10.7. The van der Waals surface area contributed by atoms with Crippen LogP contribution in [0, 0.1) is 0 Å². The van der Waals surface area contributed by atoms with Crippen LogP contribution in [0.15, 0.2) is 24.3 Å². The molecule has 0 aliphatic heterocycles. The van der Waals surface area contributed by atoms with E-state index in [0.717, 1.165) is 27.8 Å². The number of ether oxygens (including phenoxy) is 2. The molecule has 0 aromatic heterocycles. The van der Waals surface area contributed by atoms with Crippen LogP contribution >= 0.6 is 24.0 Å². The van der Waals surface area contributed by atoms with Crippen LogP contribution in [-0.2, 0) is 16.1 Å². The van der Waals surface area contributed by atoms with Crippen molar-refractivity contribution in [2.45, 2.75) is 26.3 Å². The van der Waals surface area contributed by atoms with Crippen LogP contribution in [0.3, 0.4) is 0 Å². The van der Waals surface area contributed by atoms with Crippen molar-refractivity contribution in [3.8, 4) is 5.75 Å². The van der Waals surface area contributed by atoms with Gasteiger partial charge in [-0.15, -0.1) is 0 Å². The summed E-state index contributed by atoms with van der Waals surface area (Å²) in [5.74, 6) is 1.51. The third kappa shape index (κ3) is 7.92. The zero-order valence-corrected chi connectivity index (χ0v) is 14.0. The van der Waals surface area contributed by atoms with Gasteiger partial charge in [-0.2, -0.15) is 0 Å². The molecule has 116 valence electrons. The lowest BCUT2D eigenvalue weighted by Crippen LogP contribution is -2.18. The van der Waals surface area contributed by atoms with Crippen LogP contribution in [-0.4, -0.2) is 29.8 Å². The summed E-state index contributed by atoms with van der Waals surface area (Å²) in [5, 5.41) is 3.19. The minimum atomic E-state index is -0.143. The highest BCUT2D eigenvalue weighted by molar-refractivity contribution is 8.22. The van der Waals surface area contributed by atoms with Gasteiger partial charge < -0.3 is 14.8 Å². The maximum Gasteiger partial charge on any atom is 0.305 e. The highest BCUT2D eigenvalue weighted by Gasteiger charge is 2.03. The number of carbonyl (C=O) groups excluding carboxylic acids is 1. The summed E-state index contributed by atoms with van der Waals surface area (Å²) in [6.45, 7) is 2.94. The molecule has 0 radical (unpaired) electrons. The SMILES string of the molecule is CCOC(=O)CCCSC(=S)NCc1ccc(OC)cc1.